The van der Waals surface area contributed by atoms with Crippen LogP contribution in [0.2, 0.25) is 0 Å². The average Bonchev–Trinajstić information content (AvgIpc) is 3.31. The molecule has 1 N–H and O–H groups in total. The molecule has 132 valence electrons. The number of fused-ring (bicyclic) bond motifs is 1. The van der Waals surface area contributed by atoms with Crippen LogP contribution in [0.4, 0.5) is 0 Å². The lowest BCUT2D eigenvalue weighted by Gasteiger charge is -2.15. The van der Waals surface area contributed by atoms with E-state index in [0.29, 0.717) is 11.6 Å². The number of nitrogens with one attached hydrogen (secondary N) is 1. The Labute approximate surface area is 149 Å². The molecule has 0 radical (unpaired) electrons. The summed E-state index contributed by atoms with van der Waals surface area (Å²) in [6.07, 6.45) is 4.16. The number of aromatic nitrogens is 2. The van der Waals surface area contributed by atoms with E-state index in [-0.39, 0.29) is 5.91 Å². The number of rotatable bonds is 4. The SMILES string of the molecule is CNCC1CCN(C(=O)c2nn(-c3ccc(C)cc3)c3c2CCC3)C1. The minimum absolute atomic E-state index is 0.114. The highest BCUT2D eigenvalue weighted by Crippen LogP contribution is 2.29. The first-order valence-electron chi connectivity index (χ1n) is 9.29. The highest BCUT2D eigenvalue weighted by molar-refractivity contribution is 5.94. The standard InChI is InChI=1S/C20H26N4O/c1-14-6-8-16(9-7-14)24-18-5-3-4-17(18)19(22-24)20(25)23-11-10-15(13-23)12-21-2/h6-9,15,21H,3-5,10-13H2,1-2H3. The fourth-order valence-corrected chi connectivity index (χ4v) is 4.13. The fourth-order valence-electron chi connectivity index (χ4n) is 4.13. The van der Waals surface area contributed by atoms with Crippen molar-refractivity contribution in [2.24, 2.45) is 5.92 Å². The normalized spacial score (nSPS) is 19.4. The predicted octanol–water partition coefficient (Wildman–Crippen LogP) is 2.35. The van der Waals surface area contributed by atoms with Gasteiger partial charge in [-0.1, -0.05) is 17.7 Å². The molecule has 5 heteroatoms. The number of amides is 1. The minimum atomic E-state index is 0.114. The maximum atomic E-state index is 13.1. The van der Waals surface area contributed by atoms with Crippen molar-refractivity contribution in [3.8, 4) is 5.69 Å². The molecule has 0 bridgehead atoms. The van der Waals surface area contributed by atoms with Gasteiger partial charge in [0, 0.05) is 24.3 Å². The zero-order valence-electron chi connectivity index (χ0n) is 15.1. The molecule has 2 aromatic rings. The smallest absolute Gasteiger partial charge is 0.274 e. The van der Waals surface area contributed by atoms with Gasteiger partial charge in [-0.2, -0.15) is 5.10 Å². The number of nitrogens with zero attached hydrogens (tertiary/aromatic N) is 3. The van der Waals surface area contributed by atoms with Gasteiger partial charge in [0.05, 0.1) is 5.69 Å². The summed E-state index contributed by atoms with van der Waals surface area (Å²) in [4.78, 5) is 15.1. The van der Waals surface area contributed by atoms with Crippen LogP contribution in [0, 0.1) is 12.8 Å². The van der Waals surface area contributed by atoms with Crippen molar-refractivity contribution in [3.63, 3.8) is 0 Å². The van der Waals surface area contributed by atoms with E-state index in [4.69, 9.17) is 5.10 Å². The molecule has 2 aliphatic rings. The van der Waals surface area contributed by atoms with Crippen LogP contribution in [-0.4, -0.2) is 47.3 Å². The molecule has 1 unspecified atom stereocenters. The Morgan fingerprint density at radius 2 is 2.08 bits per heavy atom. The lowest BCUT2D eigenvalue weighted by atomic mass is 10.1. The van der Waals surface area contributed by atoms with E-state index in [0.717, 1.165) is 51.0 Å². The lowest BCUT2D eigenvalue weighted by molar-refractivity contribution is 0.0780. The van der Waals surface area contributed by atoms with Crippen LogP contribution < -0.4 is 5.32 Å². The Balaban J connectivity index is 1.64. The molecule has 1 aromatic heterocycles. The van der Waals surface area contributed by atoms with Gasteiger partial charge in [-0.25, -0.2) is 4.68 Å². The van der Waals surface area contributed by atoms with E-state index >= 15 is 0 Å². The fraction of sp³-hybridized carbons (Fsp3) is 0.500. The molecule has 1 amide bonds. The first-order valence-corrected chi connectivity index (χ1v) is 9.29. The Morgan fingerprint density at radius 3 is 2.84 bits per heavy atom. The van der Waals surface area contributed by atoms with Crippen molar-refractivity contribution in [1.29, 1.82) is 0 Å². The van der Waals surface area contributed by atoms with E-state index in [9.17, 15) is 4.79 Å². The van der Waals surface area contributed by atoms with Crippen LogP contribution >= 0.6 is 0 Å². The second-order valence-corrected chi connectivity index (χ2v) is 7.34. The molecule has 4 rings (SSSR count). The van der Waals surface area contributed by atoms with Crippen molar-refractivity contribution in [2.45, 2.75) is 32.6 Å². The monoisotopic (exact) mass is 338 g/mol. The van der Waals surface area contributed by atoms with Gasteiger partial charge >= 0.3 is 0 Å². The molecule has 1 aliphatic heterocycles. The van der Waals surface area contributed by atoms with Crippen LogP contribution in [0.1, 0.15) is 40.2 Å². The van der Waals surface area contributed by atoms with E-state index in [1.54, 1.807) is 0 Å². The highest BCUT2D eigenvalue weighted by atomic mass is 16.2. The summed E-state index contributed by atoms with van der Waals surface area (Å²) < 4.78 is 2.00. The third-order valence-electron chi connectivity index (χ3n) is 5.48. The largest absolute Gasteiger partial charge is 0.337 e. The quantitative estimate of drug-likeness (QED) is 0.931. The molecule has 2 heterocycles. The average molecular weight is 338 g/mol. The second kappa shape index (κ2) is 6.64. The molecule has 1 aromatic carbocycles. The maximum absolute atomic E-state index is 13.1. The van der Waals surface area contributed by atoms with Crippen molar-refractivity contribution in [2.75, 3.05) is 26.7 Å². The van der Waals surface area contributed by atoms with Crippen LogP contribution in [0.5, 0.6) is 0 Å². The summed E-state index contributed by atoms with van der Waals surface area (Å²) in [6, 6.07) is 8.38. The molecule has 1 aliphatic carbocycles. The lowest BCUT2D eigenvalue weighted by Crippen LogP contribution is -2.31. The summed E-state index contributed by atoms with van der Waals surface area (Å²) in [7, 11) is 1.97. The topological polar surface area (TPSA) is 50.2 Å². The number of hydrogen-bond acceptors (Lipinski definition) is 3. The molecule has 25 heavy (non-hydrogen) atoms. The molecule has 1 atom stereocenters. The van der Waals surface area contributed by atoms with Crippen molar-refractivity contribution in [3.05, 3.63) is 46.8 Å². The minimum Gasteiger partial charge on any atom is -0.337 e. The second-order valence-electron chi connectivity index (χ2n) is 7.34. The Morgan fingerprint density at radius 1 is 1.28 bits per heavy atom. The van der Waals surface area contributed by atoms with Crippen molar-refractivity contribution < 1.29 is 4.79 Å². The van der Waals surface area contributed by atoms with Crippen LogP contribution in [-0.2, 0) is 12.8 Å². The van der Waals surface area contributed by atoms with Gasteiger partial charge in [0.2, 0.25) is 0 Å². The van der Waals surface area contributed by atoms with Crippen molar-refractivity contribution in [1.82, 2.24) is 20.0 Å². The summed E-state index contributed by atoms with van der Waals surface area (Å²) in [6.45, 7) is 4.74. The predicted molar refractivity (Wildman–Crippen MR) is 98.3 cm³/mol. The van der Waals surface area contributed by atoms with E-state index in [1.165, 1.54) is 16.8 Å². The zero-order valence-corrected chi connectivity index (χ0v) is 15.1. The number of aryl methyl sites for hydroxylation is 1. The molecule has 0 spiro atoms. The van der Waals surface area contributed by atoms with Crippen molar-refractivity contribution >= 4 is 5.91 Å². The van der Waals surface area contributed by atoms with Crippen LogP contribution in [0.3, 0.4) is 0 Å². The third-order valence-corrected chi connectivity index (χ3v) is 5.48. The third kappa shape index (κ3) is 2.97. The number of benzene rings is 1. The summed E-state index contributed by atoms with van der Waals surface area (Å²) >= 11 is 0. The summed E-state index contributed by atoms with van der Waals surface area (Å²) in [5.74, 6) is 0.670. The van der Waals surface area contributed by atoms with E-state index in [2.05, 4.69) is 36.5 Å². The number of hydrogen-bond donors (Lipinski definition) is 1. The number of likely N-dealkylation sites (tertiary alicyclic amines) is 1. The van der Waals surface area contributed by atoms with Gasteiger partial charge in [0.1, 0.15) is 0 Å². The van der Waals surface area contributed by atoms with Crippen LogP contribution in [0.25, 0.3) is 5.69 Å². The first kappa shape index (κ1) is 16.3. The van der Waals surface area contributed by atoms with E-state index in [1.807, 2.05) is 16.6 Å². The molecule has 0 saturated carbocycles. The molecular formula is C20H26N4O. The van der Waals surface area contributed by atoms with Gasteiger partial charge in [-0.15, -0.1) is 0 Å². The molecular weight excluding hydrogens is 312 g/mol. The number of carbonyl (C=O) groups is 1. The molecule has 1 fully saturated rings. The van der Waals surface area contributed by atoms with Crippen LogP contribution in [0.15, 0.2) is 24.3 Å². The maximum Gasteiger partial charge on any atom is 0.274 e. The summed E-state index contributed by atoms with van der Waals surface area (Å²) in [5, 5.41) is 7.98. The molecule has 5 nitrogen and oxygen atoms in total. The Hall–Kier alpha value is -2.14. The van der Waals surface area contributed by atoms with Gasteiger partial charge in [-0.3, -0.25) is 4.79 Å². The summed E-state index contributed by atoms with van der Waals surface area (Å²) in [5.41, 5.74) is 5.35. The highest BCUT2D eigenvalue weighted by Gasteiger charge is 2.32. The zero-order chi connectivity index (χ0) is 17.4. The van der Waals surface area contributed by atoms with Gasteiger partial charge in [0.25, 0.3) is 5.91 Å². The Bertz CT molecular complexity index is 778. The van der Waals surface area contributed by atoms with Gasteiger partial charge in [-0.05, 0) is 64.3 Å². The molecule has 1 saturated heterocycles. The Kier molecular flexibility index (Phi) is 4.34. The van der Waals surface area contributed by atoms with Gasteiger partial charge < -0.3 is 10.2 Å². The van der Waals surface area contributed by atoms with Gasteiger partial charge in [0.15, 0.2) is 5.69 Å². The van der Waals surface area contributed by atoms with E-state index < -0.39 is 0 Å². The number of carbonyl (C=O) groups excluding carboxylic acids is 1. The first-order chi connectivity index (χ1) is 12.2.